The molecule has 1 heterocycles. The summed E-state index contributed by atoms with van der Waals surface area (Å²) < 4.78 is 29.5. The molecule has 1 N–H and O–H groups in total. The molecule has 0 atom stereocenters. The highest BCUT2D eigenvalue weighted by Crippen LogP contribution is 2.25. The highest BCUT2D eigenvalue weighted by Gasteiger charge is 2.08. The van der Waals surface area contributed by atoms with Crippen LogP contribution in [0.4, 0.5) is 14.5 Å². The third-order valence-corrected chi connectivity index (χ3v) is 4.23. The smallest absolute Gasteiger partial charge is 0.387 e. The van der Waals surface area contributed by atoms with Crippen molar-refractivity contribution in [3.8, 4) is 5.75 Å². The van der Waals surface area contributed by atoms with Crippen molar-refractivity contribution < 1.29 is 18.3 Å². The number of hydrogen-bond donors (Lipinski definition) is 1. The third-order valence-electron chi connectivity index (χ3n) is 3.29. The highest BCUT2D eigenvalue weighted by molar-refractivity contribution is 7.18. The minimum Gasteiger partial charge on any atom is -0.435 e. The van der Waals surface area contributed by atoms with E-state index in [0.717, 1.165) is 15.2 Å². The number of ether oxygens (including phenoxy) is 1. The molecule has 3 rings (SSSR count). The Morgan fingerprint density at radius 2 is 2.00 bits per heavy atom. The first-order valence-corrected chi connectivity index (χ1v) is 8.02. The molecule has 0 radical (unpaired) electrons. The number of halogens is 2. The third kappa shape index (κ3) is 4.05. The van der Waals surface area contributed by atoms with Crippen LogP contribution in [0.3, 0.4) is 0 Å². The lowest BCUT2D eigenvalue weighted by Crippen LogP contribution is -2.14. The van der Waals surface area contributed by atoms with Gasteiger partial charge in [-0.3, -0.25) is 4.79 Å². The van der Waals surface area contributed by atoms with Crippen molar-refractivity contribution in [3.05, 3.63) is 53.0 Å². The second kappa shape index (κ2) is 6.92. The molecule has 1 aromatic heterocycles. The lowest BCUT2D eigenvalue weighted by atomic mass is 10.1. The molecule has 1 amide bonds. The van der Waals surface area contributed by atoms with Gasteiger partial charge in [0.1, 0.15) is 5.75 Å². The van der Waals surface area contributed by atoms with Crippen molar-refractivity contribution >= 4 is 33.1 Å². The Hall–Kier alpha value is -2.54. The standard InChI is InChI=1S/C17H14F2N2O2S/c1-10-20-14-7-4-12(9-15(14)24-10)21-16(22)8-11-2-5-13(6-3-11)23-17(18)19/h2-7,9,17H,8H2,1H3,(H,21,22). The van der Waals surface area contributed by atoms with E-state index in [1.807, 2.05) is 19.1 Å². The summed E-state index contributed by atoms with van der Waals surface area (Å²) in [6, 6.07) is 11.6. The minimum atomic E-state index is -2.86. The molecule has 0 aliphatic rings. The Bertz CT molecular complexity index is 863. The van der Waals surface area contributed by atoms with Crippen molar-refractivity contribution in [3.63, 3.8) is 0 Å². The summed E-state index contributed by atoms with van der Waals surface area (Å²) in [5.74, 6) is -0.113. The van der Waals surface area contributed by atoms with Gasteiger partial charge >= 0.3 is 6.61 Å². The second-order valence-electron chi connectivity index (χ2n) is 5.16. The Morgan fingerprint density at radius 1 is 1.25 bits per heavy atom. The topological polar surface area (TPSA) is 51.2 Å². The van der Waals surface area contributed by atoms with E-state index < -0.39 is 6.61 Å². The lowest BCUT2D eigenvalue weighted by Gasteiger charge is -2.07. The van der Waals surface area contributed by atoms with Crippen LogP contribution in [-0.4, -0.2) is 17.5 Å². The number of carbonyl (C=O) groups is 1. The average Bonchev–Trinajstić information content (AvgIpc) is 2.88. The average molecular weight is 348 g/mol. The van der Waals surface area contributed by atoms with Gasteiger partial charge in [-0.15, -0.1) is 11.3 Å². The quantitative estimate of drug-likeness (QED) is 0.744. The molecule has 3 aromatic rings. The summed E-state index contributed by atoms with van der Waals surface area (Å²) in [7, 11) is 0. The fourth-order valence-corrected chi connectivity index (χ4v) is 3.16. The molecule has 124 valence electrons. The van der Waals surface area contributed by atoms with Gasteiger partial charge < -0.3 is 10.1 Å². The van der Waals surface area contributed by atoms with Crippen LogP contribution in [0.15, 0.2) is 42.5 Å². The summed E-state index contributed by atoms with van der Waals surface area (Å²) in [6.07, 6.45) is 0.148. The molecule has 0 saturated heterocycles. The lowest BCUT2D eigenvalue weighted by molar-refractivity contribution is -0.115. The van der Waals surface area contributed by atoms with Gasteiger partial charge in [0, 0.05) is 5.69 Å². The van der Waals surface area contributed by atoms with Crippen molar-refractivity contribution in [2.24, 2.45) is 0 Å². The van der Waals surface area contributed by atoms with E-state index in [-0.39, 0.29) is 18.1 Å². The monoisotopic (exact) mass is 348 g/mol. The van der Waals surface area contributed by atoms with Gasteiger partial charge in [0.25, 0.3) is 0 Å². The van der Waals surface area contributed by atoms with Gasteiger partial charge in [-0.2, -0.15) is 8.78 Å². The molecule has 0 unspecified atom stereocenters. The van der Waals surface area contributed by atoms with Crippen molar-refractivity contribution in [1.82, 2.24) is 4.98 Å². The van der Waals surface area contributed by atoms with Gasteiger partial charge in [0.2, 0.25) is 5.91 Å². The number of amides is 1. The first kappa shape index (κ1) is 16.3. The van der Waals surface area contributed by atoms with Crippen LogP contribution in [0.5, 0.6) is 5.75 Å². The molecule has 2 aromatic carbocycles. The Balaban J connectivity index is 1.63. The Morgan fingerprint density at radius 3 is 2.71 bits per heavy atom. The maximum Gasteiger partial charge on any atom is 0.387 e. The first-order chi connectivity index (χ1) is 11.5. The zero-order valence-corrected chi connectivity index (χ0v) is 13.6. The van der Waals surface area contributed by atoms with E-state index in [0.29, 0.717) is 11.3 Å². The molecule has 7 heteroatoms. The Kier molecular flexibility index (Phi) is 4.71. The van der Waals surface area contributed by atoms with Gasteiger partial charge in [0.15, 0.2) is 0 Å². The number of anilines is 1. The van der Waals surface area contributed by atoms with Crippen molar-refractivity contribution in [2.75, 3.05) is 5.32 Å². The number of nitrogens with zero attached hydrogens (tertiary/aromatic N) is 1. The fraction of sp³-hybridized carbons (Fsp3) is 0.176. The number of rotatable bonds is 5. The van der Waals surface area contributed by atoms with E-state index in [1.165, 1.54) is 12.1 Å². The van der Waals surface area contributed by atoms with E-state index in [1.54, 1.807) is 29.5 Å². The molecule has 0 spiro atoms. The molecule has 0 bridgehead atoms. The van der Waals surface area contributed by atoms with Crippen LogP contribution < -0.4 is 10.1 Å². The normalized spacial score (nSPS) is 11.0. The summed E-state index contributed by atoms with van der Waals surface area (Å²) in [5.41, 5.74) is 2.32. The summed E-state index contributed by atoms with van der Waals surface area (Å²) in [5, 5.41) is 3.80. The molecule has 24 heavy (non-hydrogen) atoms. The van der Waals surface area contributed by atoms with Crippen molar-refractivity contribution in [2.45, 2.75) is 20.0 Å². The molecular weight excluding hydrogens is 334 g/mol. The van der Waals surface area contributed by atoms with E-state index in [2.05, 4.69) is 15.0 Å². The maximum absolute atomic E-state index is 12.1. The predicted octanol–water partition coefficient (Wildman–Crippen LogP) is 4.39. The van der Waals surface area contributed by atoms with Gasteiger partial charge in [-0.05, 0) is 42.8 Å². The van der Waals surface area contributed by atoms with Gasteiger partial charge in [-0.1, -0.05) is 12.1 Å². The van der Waals surface area contributed by atoms with Crippen LogP contribution in [0.1, 0.15) is 10.6 Å². The number of aryl methyl sites for hydroxylation is 1. The maximum atomic E-state index is 12.1. The van der Waals surface area contributed by atoms with E-state index in [4.69, 9.17) is 0 Å². The number of hydrogen-bond acceptors (Lipinski definition) is 4. The highest BCUT2D eigenvalue weighted by atomic mass is 32.1. The van der Waals surface area contributed by atoms with Crippen LogP contribution in [0, 0.1) is 6.92 Å². The molecule has 0 saturated carbocycles. The number of aromatic nitrogens is 1. The summed E-state index contributed by atoms with van der Waals surface area (Å²) in [6.45, 7) is -0.922. The molecule has 0 aliphatic carbocycles. The molecule has 4 nitrogen and oxygen atoms in total. The van der Waals surface area contributed by atoms with Crippen LogP contribution in [0.25, 0.3) is 10.2 Å². The van der Waals surface area contributed by atoms with Crippen molar-refractivity contribution in [1.29, 1.82) is 0 Å². The van der Waals surface area contributed by atoms with Gasteiger partial charge in [-0.25, -0.2) is 4.98 Å². The number of thiazole rings is 1. The second-order valence-corrected chi connectivity index (χ2v) is 6.40. The number of benzene rings is 2. The molecule has 0 fully saturated rings. The van der Waals surface area contributed by atoms with Crippen LogP contribution in [0.2, 0.25) is 0 Å². The minimum absolute atomic E-state index is 0.0696. The number of fused-ring (bicyclic) bond motifs is 1. The molecule has 0 aliphatic heterocycles. The molecular formula is C17H14F2N2O2S. The van der Waals surface area contributed by atoms with Crippen LogP contribution >= 0.6 is 11.3 Å². The number of alkyl halides is 2. The Labute approximate surface area is 141 Å². The first-order valence-electron chi connectivity index (χ1n) is 7.20. The zero-order valence-electron chi connectivity index (χ0n) is 12.8. The number of carbonyl (C=O) groups excluding carboxylic acids is 1. The fourth-order valence-electron chi connectivity index (χ4n) is 2.30. The van der Waals surface area contributed by atoms with Gasteiger partial charge in [0.05, 0.1) is 21.6 Å². The summed E-state index contributed by atoms with van der Waals surface area (Å²) in [4.78, 5) is 16.5. The number of nitrogens with one attached hydrogen (secondary N) is 1. The SMILES string of the molecule is Cc1nc2ccc(NC(=O)Cc3ccc(OC(F)F)cc3)cc2s1. The largest absolute Gasteiger partial charge is 0.435 e. The van der Waals surface area contributed by atoms with E-state index >= 15 is 0 Å². The predicted molar refractivity (Wildman–Crippen MR) is 89.8 cm³/mol. The zero-order chi connectivity index (χ0) is 17.1. The summed E-state index contributed by atoms with van der Waals surface area (Å²) >= 11 is 1.57. The van der Waals surface area contributed by atoms with E-state index in [9.17, 15) is 13.6 Å². The van der Waals surface area contributed by atoms with Crippen LogP contribution in [-0.2, 0) is 11.2 Å².